The van der Waals surface area contributed by atoms with E-state index in [1.165, 1.54) is 6.08 Å². The van der Waals surface area contributed by atoms with Gasteiger partial charge in [0.15, 0.2) is 9.84 Å². The van der Waals surface area contributed by atoms with Crippen LogP contribution in [-0.2, 0) is 14.6 Å². The van der Waals surface area contributed by atoms with Crippen molar-refractivity contribution in [3.63, 3.8) is 0 Å². The smallest absolute Gasteiger partial charge is 0.237 e. The molecule has 1 aliphatic rings. The van der Waals surface area contributed by atoms with Crippen molar-refractivity contribution in [2.75, 3.05) is 5.75 Å². The van der Waals surface area contributed by atoms with Crippen LogP contribution in [0, 0.1) is 0 Å². The summed E-state index contributed by atoms with van der Waals surface area (Å²) in [6.45, 7) is 1.54. The SMILES string of the molecule is C[C@@H](N)C(=O)NC1C=CS(=O)(=O)C1. The van der Waals surface area contributed by atoms with Crippen LogP contribution in [0.1, 0.15) is 6.92 Å². The van der Waals surface area contributed by atoms with Crippen molar-refractivity contribution < 1.29 is 13.2 Å². The molecule has 0 aromatic carbocycles. The van der Waals surface area contributed by atoms with E-state index < -0.39 is 21.9 Å². The van der Waals surface area contributed by atoms with Crippen LogP contribution in [0.5, 0.6) is 0 Å². The van der Waals surface area contributed by atoms with Gasteiger partial charge in [0.2, 0.25) is 5.91 Å². The summed E-state index contributed by atoms with van der Waals surface area (Å²) >= 11 is 0. The molecule has 0 saturated heterocycles. The maximum absolute atomic E-state index is 11.0. The quantitative estimate of drug-likeness (QED) is 0.589. The first-order chi connectivity index (χ1) is 5.91. The first-order valence-electron chi connectivity index (χ1n) is 3.87. The zero-order chi connectivity index (χ0) is 10.1. The van der Waals surface area contributed by atoms with Crippen molar-refractivity contribution >= 4 is 15.7 Å². The van der Waals surface area contributed by atoms with E-state index in [4.69, 9.17) is 5.73 Å². The van der Waals surface area contributed by atoms with Crippen LogP contribution in [0.25, 0.3) is 0 Å². The number of amides is 1. The molecule has 0 radical (unpaired) electrons. The number of sulfone groups is 1. The molecule has 0 aromatic heterocycles. The Hall–Kier alpha value is -0.880. The fourth-order valence-electron chi connectivity index (χ4n) is 0.980. The first kappa shape index (κ1) is 10.2. The lowest BCUT2D eigenvalue weighted by molar-refractivity contribution is -0.122. The summed E-state index contributed by atoms with van der Waals surface area (Å²) in [5, 5.41) is 3.61. The van der Waals surface area contributed by atoms with Crippen LogP contribution in [-0.4, -0.2) is 32.2 Å². The molecule has 1 amide bonds. The number of carbonyl (C=O) groups is 1. The molecule has 74 valence electrons. The van der Waals surface area contributed by atoms with Gasteiger partial charge in [-0.05, 0) is 13.0 Å². The molecule has 1 rings (SSSR count). The highest BCUT2D eigenvalue weighted by Crippen LogP contribution is 2.07. The monoisotopic (exact) mass is 204 g/mol. The van der Waals surface area contributed by atoms with Crippen LogP contribution in [0.3, 0.4) is 0 Å². The molecule has 1 heterocycles. The predicted molar refractivity (Wildman–Crippen MR) is 48.5 cm³/mol. The van der Waals surface area contributed by atoms with Crippen molar-refractivity contribution in [2.45, 2.75) is 19.0 Å². The van der Waals surface area contributed by atoms with Gasteiger partial charge in [-0.3, -0.25) is 4.79 Å². The number of nitrogens with one attached hydrogen (secondary N) is 1. The third-order valence-electron chi connectivity index (χ3n) is 1.67. The van der Waals surface area contributed by atoms with Crippen molar-refractivity contribution in [1.82, 2.24) is 5.32 Å². The van der Waals surface area contributed by atoms with Crippen molar-refractivity contribution in [2.24, 2.45) is 5.73 Å². The zero-order valence-corrected chi connectivity index (χ0v) is 8.04. The summed E-state index contributed by atoms with van der Waals surface area (Å²) in [6, 6.07) is -1.04. The van der Waals surface area contributed by atoms with Crippen molar-refractivity contribution in [3.05, 3.63) is 11.5 Å². The van der Waals surface area contributed by atoms with Gasteiger partial charge in [-0.1, -0.05) is 0 Å². The molecule has 0 saturated carbocycles. The van der Waals surface area contributed by atoms with E-state index >= 15 is 0 Å². The van der Waals surface area contributed by atoms with E-state index in [-0.39, 0.29) is 11.7 Å². The van der Waals surface area contributed by atoms with Crippen molar-refractivity contribution in [1.29, 1.82) is 0 Å². The minimum atomic E-state index is -3.10. The molecule has 1 unspecified atom stereocenters. The molecule has 0 aromatic rings. The molecule has 5 nitrogen and oxygen atoms in total. The number of hydrogen-bond acceptors (Lipinski definition) is 4. The van der Waals surface area contributed by atoms with Gasteiger partial charge < -0.3 is 11.1 Å². The van der Waals surface area contributed by atoms with Crippen LogP contribution >= 0.6 is 0 Å². The Balaban J connectivity index is 2.52. The number of carbonyl (C=O) groups excluding carboxylic acids is 1. The molecule has 0 fully saturated rings. The van der Waals surface area contributed by atoms with Crippen LogP contribution in [0.15, 0.2) is 11.5 Å². The summed E-state index contributed by atoms with van der Waals surface area (Å²) in [5.74, 6) is -0.405. The molecule has 3 N–H and O–H groups in total. The largest absolute Gasteiger partial charge is 0.347 e. The van der Waals surface area contributed by atoms with E-state index in [0.717, 1.165) is 5.41 Å². The molecular weight excluding hydrogens is 192 g/mol. The molecule has 2 atom stereocenters. The highest BCUT2D eigenvalue weighted by atomic mass is 32.2. The molecule has 0 bridgehead atoms. The second kappa shape index (κ2) is 3.47. The fraction of sp³-hybridized carbons (Fsp3) is 0.571. The Morgan fingerprint density at radius 1 is 1.69 bits per heavy atom. The Morgan fingerprint density at radius 2 is 2.31 bits per heavy atom. The number of nitrogens with two attached hydrogens (primary N) is 1. The highest BCUT2D eigenvalue weighted by Gasteiger charge is 2.23. The van der Waals surface area contributed by atoms with Gasteiger partial charge in [0.05, 0.1) is 17.8 Å². The number of hydrogen-bond donors (Lipinski definition) is 2. The maximum atomic E-state index is 11.0. The van der Waals surface area contributed by atoms with Gasteiger partial charge in [0, 0.05) is 5.41 Å². The van der Waals surface area contributed by atoms with Crippen molar-refractivity contribution in [3.8, 4) is 0 Å². The van der Waals surface area contributed by atoms with E-state index in [1.54, 1.807) is 6.92 Å². The molecule has 13 heavy (non-hydrogen) atoms. The summed E-state index contributed by atoms with van der Waals surface area (Å²) in [6.07, 6.45) is 1.45. The molecule has 1 aliphatic heterocycles. The van der Waals surface area contributed by atoms with E-state index in [9.17, 15) is 13.2 Å². The standard InChI is InChI=1S/C7H12N2O3S/c1-5(8)7(10)9-6-2-3-13(11,12)4-6/h2-3,5-6H,4,8H2,1H3,(H,9,10)/t5-,6?/m1/s1. The second-order valence-corrected chi connectivity index (χ2v) is 4.99. The minimum Gasteiger partial charge on any atom is -0.347 e. The summed E-state index contributed by atoms with van der Waals surface area (Å²) in [7, 11) is -3.10. The summed E-state index contributed by atoms with van der Waals surface area (Å²) < 4.78 is 21.8. The summed E-state index contributed by atoms with van der Waals surface area (Å²) in [4.78, 5) is 11.0. The fourth-order valence-corrected chi connectivity index (χ4v) is 2.22. The van der Waals surface area contributed by atoms with E-state index in [1.807, 2.05) is 0 Å². The van der Waals surface area contributed by atoms with Gasteiger partial charge in [-0.15, -0.1) is 0 Å². The van der Waals surface area contributed by atoms with Crippen LogP contribution in [0.2, 0.25) is 0 Å². The van der Waals surface area contributed by atoms with Gasteiger partial charge in [-0.25, -0.2) is 8.42 Å². The lowest BCUT2D eigenvalue weighted by Crippen LogP contribution is -2.44. The Kier molecular flexibility index (Phi) is 2.72. The Labute approximate surface area is 76.9 Å². The van der Waals surface area contributed by atoms with E-state index in [2.05, 4.69) is 5.32 Å². The lowest BCUT2D eigenvalue weighted by Gasteiger charge is -2.11. The predicted octanol–water partition coefficient (Wildman–Crippen LogP) is -1.24. The third kappa shape index (κ3) is 2.82. The van der Waals surface area contributed by atoms with Gasteiger partial charge in [0.25, 0.3) is 0 Å². The topological polar surface area (TPSA) is 89.3 Å². The van der Waals surface area contributed by atoms with E-state index in [0.29, 0.717) is 0 Å². The molecular formula is C7H12N2O3S. The van der Waals surface area contributed by atoms with Crippen LogP contribution < -0.4 is 11.1 Å². The third-order valence-corrected chi connectivity index (χ3v) is 3.07. The minimum absolute atomic E-state index is 0.0640. The molecule has 6 heteroatoms. The van der Waals surface area contributed by atoms with Gasteiger partial charge >= 0.3 is 0 Å². The molecule has 0 aliphatic carbocycles. The normalized spacial score (nSPS) is 27.1. The first-order valence-corrected chi connectivity index (χ1v) is 5.59. The molecule has 0 spiro atoms. The number of rotatable bonds is 2. The Bertz CT molecular complexity index is 332. The average Bonchev–Trinajstić information content (AvgIpc) is 2.30. The van der Waals surface area contributed by atoms with Gasteiger partial charge in [0.1, 0.15) is 0 Å². The van der Waals surface area contributed by atoms with Gasteiger partial charge in [-0.2, -0.15) is 0 Å². The zero-order valence-electron chi connectivity index (χ0n) is 7.23. The maximum Gasteiger partial charge on any atom is 0.237 e. The Morgan fingerprint density at radius 3 is 2.69 bits per heavy atom. The average molecular weight is 204 g/mol. The van der Waals surface area contributed by atoms with Crippen LogP contribution in [0.4, 0.5) is 0 Å². The highest BCUT2D eigenvalue weighted by molar-refractivity contribution is 7.94. The lowest BCUT2D eigenvalue weighted by atomic mass is 10.3. The summed E-state index contributed by atoms with van der Waals surface area (Å²) in [5.41, 5.74) is 5.30. The second-order valence-electron chi connectivity index (χ2n) is 3.06.